The minimum atomic E-state index is 0. The SMILES string of the molecule is [F-].[F-].[F-].[F-].[Na+].[Si+4]. The van der Waals surface area contributed by atoms with Gasteiger partial charge in [-0.3, -0.25) is 0 Å². The van der Waals surface area contributed by atoms with Crippen LogP contribution in [0.25, 0.3) is 0 Å². The van der Waals surface area contributed by atoms with Gasteiger partial charge >= 0.3 is 40.5 Å². The first-order valence-electron chi connectivity index (χ1n) is 0. The maximum atomic E-state index is 0. The summed E-state index contributed by atoms with van der Waals surface area (Å²) in [6, 6.07) is 0. The van der Waals surface area contributed by atoms with Crippen LogP contribution in [-0.4, -0.2) is 11.0 Å². The summed E-state index contributed by atoms with van der Waals surface area (Å²) in [5, 5.41) is 0. The molecule has 0 atom stereocenters. The third-order valence-corrected chi connectivity index (χ3v) is 0. The van der Waals surface area contributed by atoms with E-state index in [2.05, 4.69) is 0 Å². The van der Waals surface area contributed by atoms with E-state index in [9.17, 15) is 0 Å². The molecule has 0 aromatic heterocycles. The molecule has 32 valence electrons. The van der Waals surface area contributed by atoms with Crippen molar-refractivity contribution < 1.29 is 48.4 Å². The summed E-state index contributed by atoms with van der Waals surface area (Å²) < 4.78 is 0. The number of halogens is 4. The van der Waals surface area contributed by atoms with Crippen LogP contribution in [0, 0.1) is 0 Å². The Morgan fingerprint density at radius 3 is 0.500 bits per heavy atom. The van der Waals surface area contributed by atoms with Crippen molar-refractivity contribution in [3.05, 3.63) is 0 Å². The fraction of sp³-hybridized carbons (Fsp3) is 0. The summed E-state index contributed by atoms with van der Waals surface area (Å²) in [7, 11) is 0. The summed E-state index contributed by atoms with van der Waals surface area (Å²) in [5.74, 6) is 0. The van der Waals surface area contributed by atoms with E-state index in [1.807, 2.05) is 0 Å². The second-order valence-corrected chi connectivity index (χ2v) is 0. The Kier molecular flexibility index (Phi) is 7650. The molecular formula is F4NaSi+. The zero-order valence-corrected chi connectivity index (χ0v) is 6.01. The molecule has 0 bridgehead atoms. The van der Waals surface area contributed by atoms with E-state index < -0.39 is 0 Å². The van der Waals surface area contributed by atoms with E-state index in [1.165, 1.54) is 0 Å². The summed E-state index contributed by atoms with van der Waals surface area (Å²) in [6.45, 7) is 0. The van der Waals surface area contributed by atoms with E-state index in [0.717, 1.165) is 0 Å². The van der Waals surface area contributed by atoms with Crippen LogP contribution in [0.5, 0.6) is 0 Å². The fourth-order valence-corrected chi connectivity index (χ4v) is 0. The van der Waals surface area contributed by atoms with Crippen molar-refractivity contribution in [1.82, 2.24) is 0 Å². The number of hydrogen-bond donors (Lipinski definition) is 0. The minimum Gasteiger partial charge on any atom is -1.00 e. The van der Waals surface area contributed by atoms with Gasteiger partial charge in [0.05, 0.1) is 0 Å². The summed E-state index contributed by atoms with van der Waals surface area (Å²) >= 11 is 0. The molecule has 6 heteroatoms. The Morgan fingerprint density at radius 1 is 0.500 bits per heavy atom. The molecule has 6 heavy (non-hydrogen) atoms. The van der Waals surface area contributed by atoms with Gasteiger partial charge in [0.2, 0.25) is 0 Å². The molecule has 0 aliphatic heterocycles. The third-order valence-electron chi connectivity index (χ3n) is 0. The van der Waals surface area contributed by atoms with Gasteiger partial charge < -0.3 is 18.8 Å². The molecule has 0 N–H and O–H groups in total. The van der Waals surface area contributed by atoms with Crippen LogP contribution in [0.3, 0.4) is 0 Å². The van der Waals surface area contributed by atoms with Crippen LogP contribution in [0.15, 0.2) is 0 Å². The monoisotopic (exact) mass is 127 g/mol. The maximum Gasteiger partial charge on any atom is 4.00 e. The topological polar surface area (TPSA) is 0 Å². The molecule has 0 rings (SSSR count). The Balaban J connectivity index is 0. The van der Waals surface area contributed by atoms with E-state index in [1.54, 1.807) is 0 Å². The molecule has 0 saturated heterocycles. The Morgan fingerprint density at radius 2 is 0.500 bits per heavy atom. The van der Waals surface area contributed by atoms with Crippen molar-refractivity contribution >= 4 is 11.0 Å². The molecule has 0 heterocycles. The van der Waals surface area contributed by atoms with Gasteiger partial charge in [0.1, 0.15) is 0 Å². The molecule has 0 aromatic rings. The molecule has 0 radical (unpaired) electrons. The van der Waals surface area contributed by atoms with Crippen LogP contribution in [0.4, 0.5) is 0 Å². The Hall–Kier alpha value is 0.937. The molecule has 0 unspecified atom stereocenters. The van der Waals surface area contributed by atoms with Gasteiger partial charge in [0.25, 0.3) is 0 Å². The summed E-state index contributed by atoms with van der Waals surface area (Å²) in [6.07, 6.45) is 0. The van der Waals surface area contributed by atoms with Gasteiger partial charge in [-0.25, -0.2) is 0 Å². The molecule has 0 aromatic carbocycles. The molecule has 0 aliphatic rings. The van der Waals surface area contributed by atoms with Gasteiger partial charge in [-0.15, -0.1) is 0 Å². The quantitative estimate of drug-likeness (QED) is 0.224. The molecule has 0 fully saturated rings. The van der Waals surface area contributed by atoms with E-state index in [-0.39, 0.29) is 59.3 Å². The summed E-state index contributed by atoms with van der Waals surface area (Å²) in [5.41, 5.74) is 0. The van der Waals surface area contributed by atoms with Crippen LogP contribution in [0.1, 0.15) is 0 Å². The van der Waals surface area contributed by atoms with Crippen LogP contribution >= 0.6 is 0 Å². The largest absolute Gasteiger partial charge is 4.00 e. The van der Waals surface area contributed by atoms with Crippen LogP contribution in [0.2, 0.25) is 0 Å². The van der Waals surface area contributed by atoms with Gasteiger partial charge in [0.15, 0.2) is 0 Å². The molecule has 0 saturated carbocycles. The molecule has 0 spiro atoms. The van der Waals surface area contributed by atoms with E-state index in [0.29, 0.717) is 0 Å². The second-order valence-electron chi connectivity index (χ2n) is 0. The zero-order chi connectivity index (χ0) is 0. The third kappa shape index (κ3) is 87.2. The maximum absolute atomic E-state index is 0. The fourth-order valence-electron chi connectivity index (χ4n) is 0. The molecule has 0 aliphatic carbocycles. The Bertz CT molecular complexity index is 7.51. The average molecular weight is 127 g/mol. The predicted molar refractivity (Wildman–Crippen MR) is 5.75 cm³/mol. The van der Waals surface area contributed by atoms with Gasteiger partial charge in [0, 0.05) is 0 Å². The van der Waals surface area contributed by atoms with Crippen molar-refractivity contribution in [2.45, 2.75) is 0 Å². The van der Waals surface area contributed by atoms with Crippen LogP contribution in [-0.2, 0) is 0 Å². The first kappa shape index (κ1) is 279. The Labute approximate surface area is 59.5 Å². The summed E-state index contributed by atoms with van der Waals surface area (Å²) in [4.78, 5) is 0. The number of hydrogen-bond acceptors (Lipinski definition) is 0. The molecule has 0 amide bonds. The first-order valence-corrected chi connectivity index (χ1v) is 0. The van der Waals surface area contributed by atoms with Crippen molar-refractivity contribution in [2.75, 3.05) is 0 Å². The number of rotatable bonds is 0. The second kappa shape index (κ2) is 165. The van der Waals surface area contributed by atoms with E-state index in [4.69, 9.17) is 0 Å². The average Bonchev–Trinajstić information content (AvgIpc) is 0. The normalized spacial score (nSPS) is 0. The van der Waals surface area contributed by atoms with Gasteiger partial charge in [-0.05, 0) is 0 Å². The van der Waals surface area contributed by atoms with Gasteiger partial charge in [-0.2, -0.15) is 0 Å². The standard InChI is InChI=1S/4FH.Na.Si/h4*1H;;/q;;;;+1;+4/p-4. The van der Waals surface area contributed by atoms with Crippen molar-refractivity contribution in [1.29, 1.82) is 0 Å². The predicted octanol–water partition coefficient (Wildman–Crippen LogP) is -15.4. The minimum absolute atomic E-state index is 0. The smallest absolute Gasteiger partial charge is 1.00 e. The van der Waals surface area contributed by atoms with Crippen molar-refractivity contribution in [2.24, 2.45) is 0 Å². The first-order chi connectivity index (χ1) is 0. The van der Waals surface area contributed by atoms with Gasteiger partial charge in [-0.1, -0.05) is 0 Å². The van der Waals surface area contributed by atoms with Crippen LogP contribution < -0.4 is 48.4 Å². The molecular weight excluding hydrogens is 127 g/mol. The van der Waals surface area contributed by atoms with E-state index >= 15 is 0 Å². The van der Waals surface area contributed by atoms with Crippen molar-refractivity contribution in [3.8, 4) is 0 Å². The zero-order valence-electron chi connectivity index (χ0n) is 3.01. The molecule has 0 nitrogen and oxygen atoms in total. The van der Waals surface area contributed by atoms with Crippen molar-refractivity contribution in [3.63, 3.8) is 0 Å².